The molecule has 0 saturated carbocycles. The van der Waals surface area contributed by atoms with Crippen molar-refractivity contribution >= 4 is 33.2 Å². The molecule has 1 fully saturated rings. The number of piperidine rings is 1. The molecule has 1 aliphatic heterocycles. The Morgan fingerprint density at radius 1 is 1.17 bits per heavy atom. The van der Waals surface area contributed by atoms with Crippen molar-refractivity contribution in [2.75, 3.05) is 32.1 Å². The maximum Gasteiger partial charge on any atom is 0.230 e. The molecule has 0 aromatic heterocycles. The second kappa shape index (κ2) is 9.15. The Morgan fingerprint density at radius 2 is 1.83 bits per heavy atom. The highest BCUT2D eigenvalue weighted by Crippen LogP contribution is 2.33. The first kappa shape index (κ1) is 21.6. The summed E-state index contributed by atoms with van der Waals surface area (Å²) in [5, 5.41) is 0.516. The number of ether oxygens (including phenoxy) is 1. The van der Waals surface area contributed by atoms with Gasteiger partial charge in [-0.15, -0.1) is 0 Å². The zero-order valence-electron chi connectivity index (χ0n) is 16.5. The number of sulfonamides is 1. The Hall–Kier alpha value is -2.09. The van der Waals surface area contributed by atoms with E-state index in [2.05, 4.69) is 0 Å². The molecule has 6 nitrogen and oxygen atoms in total. The van der Waals surface area contributed by atoms with E-state index in [1.165, 1.54) is 4.31 Å². The molecule has 1 heterocycles. The smallest absolute Gasteiger partial charge is 0.230 e. The van der Waals surface area contributed by atoms with Gasteiger partial charge in [-0.05, 0) is 36.6 Å². The van der Waals surface area contributed by atoms with Gasteiger partial charge in [0.05, 0.1) is 18.6 Å². The van der Waals surface area contributed by atoms with E-state index in [0.717, 1.165) is 5.56 Å². The van der Waals surface area contributed by atoms with Gasteiger partial charge in [-0.3, -0.25) is 4.79 Å². The number of anilines is 1. The van der Waals surface area contributed by atoms with Gasteiger partial charge in [-0.2, -0.15) is 0 Å². The predicted molar refractivity (Wildman–Crippen MR) is 115 cm³/mol. The third-order valence-electron chi connectivity index (χ3n) is 5.22. The number of amides is 1. The second-order valence-electron chi connectivity index (χ2n) is 7.13. The predicted octanol–water partition coefficient (Wildman–Crippen LogP) is 3.55. The maximum absolute atomic E-state index is 13.0. The molecule has 0 unspecified atom stereocenters. The van der Waals surface area contributed by atoms with Crippen LogP contribution in [0.4, 0.5) is 5.69 Å². The molecule has 29 heavy (non-hydrogen) atoms. The van der Waals surface area contributed by atoms with Crippen LogP contribution in [0.2, 0.25) is 5.02 Å². The van der Waals surface area contributed by atoms with E-state index in [0.29, 0.717) is 42.4 Å². The zero-order valence-corrected chi connectivity index (χ0v) is 18.1. The molecular weight excluding hydrogens is 412 g/mol. The standard InChI is InChI=1S/C21H25ClN2O4S/c1-23(19-14-18(22)8-9-20(19)28-2)21(25)17-10-12-24(13-11-17)29(26,27)15-16-6-4-3-5-7-16/h3-9,14,17H,10-13,15H2,1-2H3. The summed E-state index contributed by atoms with van der Waals surface area (Å²) in [5.41, 5.74) is 1.36. The molecule has 0 radical (unpaired) electrons. The van der Waals surface area contributed by atoms with Crippen LogP contribution in [0.3, 0.4) is 0 Å². The fourth-order valence-corrected chi connectivity index (χ4v) is 5.30. The van der Waals surface area contributed by atoms with E-state index in [4.69, 9.17) is 16.3 Å². The minimum absolute atomic E-state index is 0.0218. The first-order chi connectivity index (χ1) is 13.8. The van der Waals surface area contributed by atoms with E-state index in [1.807, 2.05) is 18.2 Å². The SMILES string of the molecule is COc1ccc(Cl)cc1N(C)C(=O)C1CCN(S(=O)(=O)Cc2ccccc2)CC1. The van der Waals surface area contributed by atoms with Crippen molar-refractivity contribution in [3.05, 3.63) is 59.1 Å². The molecule has 3 rings (SSSR count). The normalized spacial score (nSPS) is 15.8. The van der Waals surface area contributed by atoms with Gasteiger partial charge in [0.1, 0.15) is 5.75 Å². The number of carbonyl (C=O) groups is 1. The Kier molecular flexibility index (Phi) is 6.82. The van der Waals surface area contributed by atoms with Crippen LogP contribution in [0.15, 0.2) is 48.5 Å². The van der Waals surface area contributed by atoms with Crippen molar-refractivity contribution in [3.8, 4) is 5.75 Å². The Bertz CT molecular complexity index is 958. The molecule has 1 aliphatic rings. The van der Waals surface area contributed by atoms with Gasteiger partial charge in [0.15, 0.2) is 0 Å². The zero-order chi connectivity index (χ0) is 21.0. The Labute approximate surface area is 177 Å². The number of rotatable bonds is 6. The summed E-state index contributed by atoms with van der Waals surface area (Å²) in [6, 6.07) is 14.3. The van der Waals surface area contributed by atoms with E-state index >= 15 is 0 Å². The molecule has 0 spiro atoms. The number of hydrogen-bond acceptors (Lipinski definition) is 4. The summed E-state index contributed by atoms with van der Waals surface area (Å²) in [6.07, 6.45) is 0.972. The van der Waals surface area contributed by atoms with Crippen LogP contribution in [0.5, 0.6) is 5.75 Å². The van der Waals surface area contributed by atoms with Crippen LogP contribution in [-0.4, -0.2) is 45.9 Å². The first-order valence-corrected chi connectivity index (χ1v) is 11.4. The summed E-state index contributed by atoms with van der Waals surface area (Å²) in [5.74, 6) is 0.233. The van der Waals surface area contributed by atoms with Gasteiger partial charge < -0.3 is 9.64 Å². The van der Waals surface area contributed by atoms with Crippen molar-refractivity contribution in [1.29, 1.82) is 0 Å². The van der Waals surface area contributed by atoms with Crippen LogP contribution in [0, 0.1) is 5.92 Å². The number of hydrogen-bond donors (Lipinski definition) is 0. The summed E-state index contributed by atoms with van der Waals surface area (Å²) < 4.78 is 32.2. The maximum atomic E-state index is 13.0. The van der Waals surface area contributed by atoms with Crippen LogP contribution in [-0.2, 0) is 20.6 Å². The van der Waals surface area contributed by atoms with Gasteiger partial charge in [0.25, 0.3) is 0 Å². The molecule has 0 aliphatic carbocycles. The van der Waals surface area contributed by atoms with E-state index in [1.54, 1.807) is 49.4 Å². The lowest BCUT2D eigenvalue weighted by Gasteiger charge is -2.33. The summed E-state index contributed by atoms with van der Waals surface area (Å²) >= 11 is 6.08. The molecule has 1 amide bonds. The van der Waals surface area contributed by atoms with Gasteiger partial charge in [0, 0.05) is 31.1 Å². The minimum atomic E-state index is -3.40. The number of carbonyl (C=O) groups excluding carboxylic acids is 1. The molecule has 2 aromatic rings. The lowest BCUT2D eigenvalue weighted by molar-refractivity contribution is -0.123. The average molecular weight is 437 g/mol. The molecule has 156 valence electrons. The van der Waals surface area contributed by atoms with Crippen LogP contribution >= 0.6 is 11.6 Å². The van der Waals surface area contributed by atoms with Gasteiger partial charge >= 0.3 is 0 Å². The average Bonchev–Trinajstić information content (AvgIpc) is 2.73. The van der Waals surface area contributed by atoms with Crippen molar-refractivity contribution in [2.24, 2.45) is 5.92 Å². The van der Waals surface area contributed by atoms with Crippen LogP contribution in [0.1, 0.15) is 18.4 Å². The third-order valence-corrected chi connectivity index (χ3v) is 7.31. The molecule has 0 N–H and O–H groups in total. The molecule has 0 atom stereocenters. The Balaban J connectivity index is 1.64. The lowest BCUT2D eigenvalue weighted by atomic mass is 9.96. The number of halogens is 1. The highest BCUT2D eigenvalue weighted by Gasteiger charge is 2.33. The fourth-order valence-electron chi connectivity index (χ4n) is 3.57. The minimum Gasteiger partial charge on any atom is -0.495 e. The second-order valence-corrected chi connectivity index (χ2v) is 9.53. The molecule has 2 aromatic carbocycles. The van der Waals surface area contributed by atoms with Crippen molar-refractivity contribution in [2.45, 2.75) is 18.6 Å². The number of methoxy groups -OCH3 is 1. The van der Waals surface area contributed by atoms with Gasteiger partial charge in [-0.1, -0.05) is 41.9 Å². The molecule has 0 bridgehead atoms. The van der Waals surface area contributed by atoms with E-state index in [-0.39, 0.29) is 17.6 Å². The van der Waals surface area contributed by atoms with Crippen LogP contribution < -0.4 is 9.64 Å². The van der Waals surface area contributed by atoms with Gasteiger partial charge in [-0.25, -0.2) is 12.7 Å². The van der Waals surface area contributed by atoms with Crippen molar-refractivity contribution in [1.82, 2.24) is 4.31 Å². The third kappa shape index (κ3) is 5.10. The monoisotopic (exact) mass is 436 g/mol. The van der Waals surface area contributed by atoms with Crippen LogP contribution in [0.25, 0.3) is 0 Å². The van der Waals surface area contributed by atoms with E-state index < -0.39 is 10.0 Å². The highest BCUT2D eigenvalue weighted by atomic mass is 35.5. The first-order valence-electron chi connectivity index (χ1n) is 9.44. The molecular formula is C21H25ClN2O4S. The van der Waals surface area contributed by atoms with Crippen molar-refractivity contribution in [3.63, 3.8) is 0 Å². The van der Waals surface area contributed by atoms with E-state index in [9.17, 15) is 13.2 Å². The van der Waals surface area contributed by atoms with Gasteiger partial charge in [0.2, 0.25) is 15.9 Å². The summed E-state index contributed by atoms with van der Waals surface area (Å²) in [6.45, 7) is 0.679. The topological polar surface area (TPSA) is 66.9 Å². The molecule has 1 saturated heterocycles. The number of benzene rings is 2. The lowest BCUT2D eigenvalue weighted by Crippen LogP contribution is -2.44. The number of nitrogens with zero attached hydrogens (tertiary/aromatic N) is 2. The van der Waals surface area contributed by atoms with Crippen molar-refractivity contribution < 1.29 is 17.9 Å². The summed E-state index contributed by atoms with van der Waals surface area (Å²) in [7, 11) is -0.171. The summed E-state index contributed by atoms with van der Waals surface area (Å²) in [4.78, 5) is 14.5. The highest BCUT2D eigenvalue weighted by molar-refractivity contribution is 7.88. The fraction of sp³-hybridized carbons (Fsp3) is 0.381. The Morgan fingerprint density at radius 3 is 2.45 bits per heavy atom. The largest absolute Gasteiger partial charge is 0.495 e. The quantitative estimate of drug-likeness (QED) is 0.694. The molecule has 8 heteroatoms.